The van der Waals surface area contributed by atoms with Gasteiger partial charge in [0.05, 0.1) is 18.8 Å². The zero-order valence-corrected chi connectivity index (χ0v) is 39.8. The number of hydrogen-bond acceptors (Lipinski definition) is 3. The van der Waals surface area contributed by atoms with Gasteiger partial charge in [0.2, 0.25) is 5.91 Å². The molecule has 4 heteroatoms. The third-order valence-electron chi connectivity index (χ3n) is 12.1. The minimum Gasteiger partial charge on any atom is -0.394 e. The Bertz CT molecular complexity index is 939. The Hall–Kier alpha value is -1.65. The average molecular weight is 826 g/mol. The molecule has 0 fully saturated rings. The van der Waals surface area contributed by atoms with Crippen molar-refractivity contribution in [2.75, 3.05) is 6.61 Å². The molecule has 0 aliphatic heterocycles. The highest BCUT2D eigenvalue weighted by atomic mass is 16.3. The molecular weight excluding hydrogens is 723 g/mol. The fourth-order valence-electron chi connectivity index (χ4n) is 8.01. The summed E-state index contributed by atoms with van der Waals surface area (Å²) in [7, 11) is 0. The van der Waals surface area contributed by atoms with E-state index in [-0.39, 0.29) is 12.5 Å². The number of unbranched alkanes of at least 4 members (excludes halogenated alkanes) is 35. The fraction of sp³-hybridized carbons (Fsp3) is 0.836. The number of allylic oxidation sites excluding steroid dienone is 7. The Morgan fingerprint density at radius 3 is 1.03 bits per heavy atom. The van der Waals surface area contributed by atoms with Gasteiger partial charge in [0.25, 0.3) is 0 Å². The Morgan fingerprint density at radius 2 is 0.695 bits per heavy atom. The van der Waals surface area contributed by atoms with Crippen LogP contribution in [0, 0.1) is 0 Å². The van der Waals surface area contributed by atoms with Crippen LogP contribution in [0.2, 0.25) is 0 Å². The van der Waals surface area contributed by atoms with Crippen molar-refractivity contribution in [2.24, 2.45) is 0 Å². The molecule has 0 aliphatic rings. The molecule has 0 bridgehead atoms. The first-order chi connectivity index (χ1) is 29.2. The van der Waals surface area contributed by atoms with Crippen LogP contribution in [-0.2, 0) is 4.79 Å². The molecule has 0 aromatic heterocycles. The van der Waals surface area contributed by atoms with Gasteiger partial charge < -0.3 is 15.5 Å². The van der Waals surface area contributed by atoms with Crippen LogP contribution >= 0.6 is 0 Å². The Balaban J connectivity index is 3.53. The number of aliphatic hydroxyl groups is 2. The summed E-state index contributed by atoms with van der Waals surface area (Å²) in [6.45, 7) is 4.32. The Morgan fingerprint density at radius 1 is 0.407 bits per heavy atom. The summed E-state index contributed by atoms with van der Waals surface area (Å²) in [5.74, 6) is -0.0642. The van der Waals surface area contributed by atoms with Crippen molar-refractivity contribution in [1.29, 1.82) is 0 Å². The molecule has 0 aromatic rings. The van der Waals surface area contributed by atoms with Crippen LogP contribution in [0.5, 0.6) is 0 Å². The van der Waals surface area contributed by atoms with E-state index in [4.69, 9.17) is 0 Å². The number of nitrogens with one attached hydrogen (secondary N) is 1. The zero-order valence-electron chi connectivity index (χ0n) is 39.8. The second-order valence-electron chi connectivity index (χ2n) is 17.9. The van der Waals surface area contributed by atoms with Crippen LogP contribution in [-0.4, -0.2) is 34.9 Å². The highest BCUT2D eigenvalue weighted by Gasteiger charge is 2.18. The molecule has 0 spiro atoms. The zero-order chi connectivity index (χ0) is 42.8. The van der Waals surface area contributed by atoms with E-state index in [1.165, 1.54) is 218 Å². The molecule has 1 amide bonds. The first-order valence-electron chi connectivity index (χ1n) is 26.4. The number of carbonyl (C=O) groups excluding carboxylic acids is 1. The summed E-state index contributed by atoms with van der Waals surface area (Å²) in [4.78, 5) is 12.5. The van der Waals surface area contributed by atoms with Gasteiger partial charge in [0, 0.05) is 6.42 Å². The van der Waals surface area contributed by atoms with E-state index in [1.54, 1.807) is 6.08 Å². The lowest BCUT2D eigenvalue weighted by Gasteiger charge is -2.20. The molecule has 346 valence electrons. The SMILES string of the molecule is CCCCCCC/C=C\C/C=C\C/C=C\CCCCCCCCCCCCCCC(=O)NC(CO)C(O)/C=C/CCCCCCCCCCCCCCCCCCCC. The van der Waals surface area contributed by atoms with Crippen molar-refractivity contribution in [2.45, 2.75) is 289 Å². The highest BCUT2D eigenvalue weighted by Crippen LogP contribution is 2.16. The van der Waals surface area contributed by atoms with Gasteiger partial charge in [0.15, 0.2) is 0 Å². The van der Waals surface area contributed by atoms with Crippen molar-refractivity contribution in [1.82, 2.24) is 5.32 Å². The third-order valence-corrected chi connectivity index (χ3v) is 12.1. The second kappa shape index (κ2) is 50.7. The van der Waals surface area contributed by atoms with Crippen molar-refractivity contribution < 1.29 is 15.0 Å². The monoisotopic (exact) mass is 826 g/mol. The molecule has 0 rings (SSSR count). The van der Waals surface area contributed by atoms with Crippen molar-refractivity contribution >= 4 is 5.91 Å². The maximum Gasteiger partial charge on any atom is 0.220 e. The van der Waals surface area contributed by atoms with E-state index in [0.717, 1.165) is 38.5 Å². The lowest BCUT2D eigenvalue weighted by molar-refractivity contribution is -0.123. The molecule has 2 unspecified atom stereocenters. The summed E-state index contributed by atoms with van der Waals surface area (Å²) in [6.07, 6.45) is 69.6. The van der Waals surface area contributed by atoms with Crippen molar-refractivity contribution in [3.05, 3.63) is 48.6 Å². The number of hydrogen-bond donors (Lipinski definition) is 3. The lowest BCUT2D eigenvalue weighted by atomic mass is 10.0. The first kappa shape index (κ1) is 57.3. The van der Waals surface area contributed by atoms with Crippen molar-refractivity contribution in [3.63, 3.8) is 0 Å². The number of carbonyl (C=O) groups is 1. The van der Waals surface area contributed by atoms with Gasteiger partial charge in [0.1, 0.15) is 0 Å². The van der Waals surface area contributed by atoms with Gasteiger partial charge in [-0.3, -0.25) is 4.79 Å². The van der Waals surface area contributed by atoms with Gasteiger partial charge in [-0.25, -0.2) is 0 Å². The predicted octanol–water partition coefficient (Wildman–Crippen LogP) is 17.1. The molecule has 59 heavy (non-hydrogen) atoms. The number of amides is 1. The van der Waals surface area contributed by atoms with E-state index in [0.29, 0.717) is 6.42 Å². The van der Waals surface area contributed by atoms with E-state index in [1.807, 2.05) is 6.08 Å². The van der Waals surface area contributed by atoms with Crippen molar-refractivity contribution in [3.8, 4) is 0 Å². The van der Waals surface area contributed by atoms with Crippen LogP contribution in [0.4, 0.5) is 0 Å². The smallest absolute Gasteiger partial charge is 0.220 e. The summed E-state index contributed by atoms with van der Waals surface area (Å²) >= 11 is 0. The predicted molar refractivity (Wildman–Crippen MR) is 262 cm³/mol. The Labute approximate surface area is 369 Å². The normalized spacial score (nSPS) is 13.2. The maximum absolute atomic E-state index is 12.5. The van der Waals surface area contributed by atoms with E-state index < -0.39 is 12.1 Å². The first-order valence-corrected chi connectivity index (χ1v) is 26.4. The largest absolute Gasteiger partial charge is 0.394 e. The molecule has 0 aromatic carbocycles. The Kier molecular flexibility index (Phi) is 49.3. The molecule has 0 heterocycles. The average Bonchev–Trinajstić information content (AvgIpc) is 3.24. The molecule has 0 radical (unpaired) electrons. The quantitative estimate of drug-likeness (QED) is 0.0423. The molecule has 2 atom stereocenters. The van der Waals surface area contributed by atoms with Gasteiger partial charge in [-0.1, -0.05) is 262 Å². The molecule has 3 N–H and O–H groups in total. The summed E-state index contributed by atoms with van der Waals surface area (Å²) in [5.41, 5.74) is 0. The van der Waals surface area contributed by atoms with E-state index in [9.17, 15) is 15.0 Å². The van der Waals surface area contributed by atoms with Crippen LogP contribution in [0.1, 0.15) is 277 Å². The molecule has 4 nitrogen and oxygen atoms in total. The number of rotatable bonds is 48. The molecule has 0 saturated heterocycles. The second-order valence-corrected chi connectivity index (χ2v) is 17.9. The summed E-state index contributed by atoms with van der Waals surface area (Å²) in [5, 5.41) is 23.1. The van der Waals surface area contributed by atoms with Gasteiger partial charge >= 0.3 is 0 Å². The maximum atomic E-state index is 12.5. The standard InChI is InChI=1S/C55H103NO3/c1-3-5-7-9-11-13-15-17-19-21-23-25-26-27-28-29-30-31-33-35-37-39-41-43-45-47-49-51-55(59)56-53(52-57)54(58)50-48-46-44-42-40-38-36-34-32-24-22-20-18-16-14-12-10-8-6-4-2/h15,17,21,23,26-27,48,50,53-54,57-58H,3-14,16,18-20,22,24-25,28-47,49,51-52H2,1-2H3,(H,56,59)/b17-15-,23-21-,27-26-,50-48+. The van der Waals surface area contributed by atoms with Crippen LogP contribution in [0.3, 0.4) is 0 Å². The minimum atomic E-state index is -0.841. The van der Waals surface area contributed by atoms with E-state index in [2.05, 4.69) is 55.6 Å². The van der Waals surface area contributed by atoms with Crippen LogP contribution in [0.15, 0.2) is 48.6 Å². The van der Waals surface area contributed by atoms with Gasteiger partial charge in [-0.05, 0) is 57.8 Å². The third kappa shape index (κ3) is 47.3. The molecule has 0 aliphatic carbocycles. The molecular formula is C55H103NO3. The van der Waals surface area contributed by atoms with Crippen LogP contribution < -0.4 is 5.32 Å². The van der Waals surface area contributed by atoms with Gasteiger partial charge in [-0.2, -0.15) is 0 Å². The van der Waals surface area contributed by atoms with E-state index >= 15 is 0 Å². The highest BCUT2D eigenvalue weighted by molar-refractivity contribution is 5.76. The molecule has 0 saturated carbocycles. The topological polar surface area (TPSA) is 69.6 Å². The summed E-state index contributed by atoms with van der Waals surface area (Å²) < 4.78 is 0. The fourth-order valence-corrected chi connectivity index (χ4v) is 8.01. The lowest BCUT2D eigenvalue weighted by Crippen LogP contribution is -2.45. The van der Waals surface area contributed by atoms with Gasteiger partial charge in [-0.15, -0.1) is 0 Å². The van der Waals surface area contributed by atoms with Crippen LogP contribution in [0.25, 0.3) is 0 Å². The summed E-state index contributed by atoms with van der Waals surface area (Å²) in [6, 6.07) is -0.624. The number of aliphatic hydroxyl groups excluding tert-OH is 2. The minimum absolute atomic E-state index is 0.0642.